The number of aliphatic hydroxyl groups is 2. The third-order valence-corrected chi connectivity index (χ3v) is 4.42. The number of aliphatic hydroxyl groups excluding tert-OH is 1. The number of nitrogens with zero attached hydrogens (tertiary/aromatic N) is 1. The van der Waals surface area contributed by atoms with E-state index in [1.54, 1.807) is 0 Å². The van der Waals surface area contributed by atoms with Gasteiger partial charge in [-0.2, -0.15) is 0 Å². The first-order valence-corrected chi connectivity index (χ1v) is 9.76. The van der Waals surface area contributed by atoms with Crippen molar-refractivity contribution < 1.29 is 38.1 Å². The van der Waals surface area contributed by atoms with Crippen LogP contribution in [0, 0.1) is 11.6 Å². The zero-order valence-electron chi connectivity index (χ0n) is 17.6. The van der Waals surface area contributed by atoms with E-state index in [4.69, 9.17) is 4.74 Å². The Hall–Kier alpha value is -3.31. The summed E-state index contributed by atoms with van der Waals surface area (Å²) in [6.07, 6.45) is 0.300. The zero-order chi connectivity index (χ0) is 23.8. The summed E-state index contributed by atoms with van der Waals surface area (Å²) in [5.41, 5.74) is -1.81. The first-order valence-electron chi connectivity index (χ1n) is 9.76. The Morgan fingerprint density at radius 1 is 1.25 bits per heavy atom. The highest BCUT2D eigenvalue weighted by atomic mass is 19.1. The number of hydrogen-bond donors (Lipinski definition) is 3. The Morgan fingerprint density at radius 3 is 2.56 bits per heavy atom. The summed E-state index contributed by atoms with van der Waals surface area (Å²) in [4.78, 5) is 37.9. The summed E-state index contributed by atoms with van der Waals surface area (Å²) in [6, 6.07) is 2.82. The molecule has 0 aliphatic rings. The van der Waals surface area contributed by atoms with Crippen LogP contribution in [0.5, 0.6) is 5.75 Å². The molecular weight excluding hydrogens is 430 g/mol. The number of halogens is 2. The first-order chi connectivity index (χ1) is 15.2. The fraction of sp³-hybridized carbons (Fsp3) is 0.381. The second kappa shape index (κ2) is 11.3. The van der Waals surface area contributed by atoms with E-state index in [0.717, 1.165) is 36.4 Å². The molecule has 0 aliphatic heterocycles. The molecule has 3 N–H and O–H groups in total. The lowest BCUT2D eigenvalue weighted by molar-refractivity contribution is -0.0519. The van der Waals surface area contributed by atoms with E-state index in [9.17, 15) is 33.4 Å². The minimum absolute atomic E-state index is 0.0172. The molecule has 0 saturated carbocycles. The van der Waals surface area contributed by atoms with Crippen LogP contribution >= 0.6 is 0 Å². The second-order valence-corrected chi connectivity index (χ2v) is 6.79. The number of unbranched alkanes of at least 4 members (excludes halogenated alkanes) is 1. The molecule has 0 unspecified atom stereocenters. The Morgan fingerprint density at radius 2 is 1.97 bits per heavy atom. The average Bonchev–Trinajstić information content (AvgIpc) is 2.74. The van der Waals surface area contributed by atoms with E-state index in [0.29, 0.717) is 12.5 Å². The van der Waals surface area contributed by atoms with Crippen molar-refractivity contribution in [2.24, 2.45) is 0 Å². The number of carbonyl (C=O) groups is 2. The lowest BCUT2D eigenvalue weighted by atomic mass is 10.1. The highest BCUT2D eigenvalue weighted by Crippen LogP contribution is 2.18. The van der Waals surface area contributed by atoms with Gasteiger partial charge in [0.25, 0.3) is 5.91 Å². The second-order valence-electron chi connectivity index (χ2n) is 6.79. The SMILES string of the molecule is CCCCOc1c(C(=O)OC)n(CC(O)O)cc(C(=O)NCc2ccc(F)cc2F)c1=O. The third-order valence-electron chi connectivity index (χ3n) is 4.42. The summed E-state index contributed by atoms with van der Waals surface area (Å²) in [6.45, 7) is 1.02. The molecule has 0 saturated heterocycles. The van der Waals surface area contributed by atoms with Gasteiger partial charge in [-0.25, -0.2) is 13.6 Å². The normalized spacial score (nSPS) is 10.8. The number of amides is 1. The van der Waals surface area contributed by atoms with Crippen LogP contribution in [0.15, 0.2) is 29.2 Å². The van der Waals surface area contributed by atoms with Crippen molar-refractivity contribution in [3.8, 4) is 5.75 Å². The van der Waals surface area contributed by atoms with Crippen molar-refractivity contribution in [1.29, 1.82) is 0 Å². The maximum absolute atomic E-state index is 13.8. The van der Waals surface area contributed by atoms with Gasteiger partial charge in [-0.3, -0.25) is 9.59 Å². The van der Waals surface area contributed by atoms with Crippen LogP contribution in [-0.2, 0) is 17.8 Å². The van der Waals surface area contributed by atoms with E-state index in [-0.39, 0.29) is 24.4 Å². The molecule has 0 aliphatic carbocycles. The van der Waals surface area contributed by atoms with E-state index in [1.807, 2.05) is 6.92 Å². The van der Waals surface area contributed by atoms with Gasteiger partial charge >= 0.3 is 5.97 Å². The number of carbonyl (C=O) groups excluding carboxylic acids is 2. The summed E-state index contributed by atoms with van der Waals surface area (Å²) in [7, 11) is 1.07. The van der Waals surface area contributed by atoms with Crippen LogP contribution in [0.25, 0.3) is 0 Å². The molecule has 32 heavy (non-hydrogen) atoms. The maximum Gasteiger partial charge on any atom is 0.358 e. The lowest BCUT2D eigenvalue weighted by Crippen LogP contribution is -2.33. The third kappa shape index (κ3) is 6.11. The van der Waals surface area contributed by atoms with Gasteiger partial charge in [-0.15, -0.1) is 0 Å². The number of rotatable bonds is 10. The quantitative estimate of drug-likeness (QED) is 0.281. The number of benzene rings is 1. The van der Waals surface area contributed by atoms with Crippen molar-refractivity contribution in [1.82, 2.24) is 9.88 Å². The fourth-order valence-corrected chi connectivity index (χ4v) is 2.82. The van der Waals surface area contributed by atoms with Crippen molar-refractivity contribution >= 4 is 11.9 Å². The number of methoxy groups -OCH3 is 1. The molecule has 1 aromatic carbocycles. The van der Waals surface area contributed by atoms with Crippen molar-refractivity contribution in [3.05, 3.63) is 63.1 Å². The lowest BCUT2D eigenvalue weighted by Gasteiger charge is -2.18. The van der Waals surface area contributed by atoms with Gasteiger partial charge in [0, 0.05) is 24.4 Å². The van der Waals surface area contributed by atoms with Crippen LogP contribution in [0.3, 0.4) is 0 Å². The summed E-state index contributed by atoms with van der Waals surface area (Å²) in [5, 5.41) is 21.1. The number of ether oxygens (including phenoxy) is 2. The van der Waals surface area contributed by atoms with Crippen molar-refractivity contribution in [2.45, 2.75) is 39.1 Å². The summed E-state index contributed by atoms with van der Waals surface area (Å²) < 4.78 is 38.0. The molecular formula is C21H24F2N2O7. The van der Waals surface area contributed by atoms with Gasteiger partial charge in [0.15, 0.2) is 17.7 Å². The van der Waals surface area contributed by atoms with Gasteiger partial charge in [-0.1, -0.05) is 19.4 Å². The largest absolute Gasteiger partial charge is 0.487 e. The Balaban J connectivity index is 2.47. The van der Waals surface area contributed by atoms with Crippen molar-refractivity contribution in [2.75, 3.05) is 13.7 Å². The molecule has 1 heterocycles. The number of nitrogens with one attached hydrogen (secondary N) is 1. The molecule has 0 spiro atoms. The molecule has 2 aromatic rings. The molecule has 174 valence electrons. The van der Waals surface area contributed by atoms with Crippen LogP contribution in [0.4, 0.5) is 8.78 Å². The maximum atomic E-state index is 13.8. The number of hydrogen-bond acceptors (Lipinski definition) is 7. The molecule has 0 radical (unpaired) electrons. The Kier molecular flexibility index (Phi) is 8.85. The van der Waals surface area contributed by atoms with Crippen LogP contribution in [-0.4, -0.2) is 46.7 Å². The number of pyridine rings is 1. The average molecular weight is 454 g/mol. The summed E-state index contributed by atoms with van der Waals surface area (Å²) >= 11 is 0. The van der Waals surface area contributed by atoms with Crippen molar-refractivity contribution in [3.63, 3.8) is 0 Å². The van der Waals surface area contributed by atoms with Gasteiger partial charge < -0.3 is 29.6 Å². The minimum atomic E-state index is -1.92. The van der Waals surface area contributed by atoms with Crippen LogP contribution < -0.4 is 15.5 Å². The Labute approximate surface area is 182 Å². The first kappa shape index (κ1) is 25.0. The summed E-state index contributed by atoms with van der Waals surface area (Å²) in [5.74, 6) is -4.05. The number of aromatic nitrogens is 1. The monoisotopic (exact) mass is 454 g/mol. The van der Waals surface area contributed by atoms with E-state index in [2.05, 4.69) is 10.1 Å². The van der Waals surface area contributed by atoms with Gasteiger partial charge in [0.1, 0.15) is 17.2 Å². The van der Waals surface area contributed by atoms with Gasteiger partial charge in [-0.05, 0) is 12.5 Å². The molecule has 2 rings (SSSR count). The smallest absolute Gasteiger partial charge is 0.358 e. The van der Waals surface area contributed by atoms with Gasteiger partial charge in [0.05, 0.1) is 20.3 Å². The van der Waals surface area contributed by atoms with Gasteiger partial charge in [0.2, 0.25) is 5.43 Å². The molecule has 1 aromatic heterocycles. The minimum Gasteiger partial charge on any atom is -0.487 e. The number of esters is 1. The Bertz CT molecular complexity index is 1040. The van der Waals surface area contributed by atoms with Crippen LogP contribution in [0.2, 0.25) is 0 Å². The molecule has 11 heteroatoms. The topological polar surface area (TPSA) is 127 Å². The highest BCUT2D eigenvalue weighted by molar-refractivity contribution is 5.96. The van der Waals surface area contributed by atoms with E-state index < -0.39 is 53.1 Å². The molecule has 0 atom stereocenters. The molecule has 0 bridgehead atoms. The molecule has 0 fully saturated rings. The van der Waals surface area contributed by atoms with Crippen LogP contribution in [0.1, 0.15) is 46.2 Å². The molecule has 9 nitrogen and oxygen atoms in total. The zero-order valence-corrected chi connectivity index (χ0v) is 17.6. The highest BCUT2D eigenvalue weighted by Gasteiger charge is 2.27. The van der Waals surface area contributed by atoms with E-state index >= 15 is 0 Å². The predicted molar refractivity (Wildman–Crippen MR) is 108 cm³/mol. The molecule has 1 amide bonds. The van der Waals surface area contributed by atoms with E-state index in [1.165, 1.54) is 0 Å². The predicted octanol–water partition coefficient (Wildman–Crippen LogP) is 1.33. The fourth-order valence-electron chi connectivity index (χ4n) is 2.82. The standard InChI is InChI=1S/C21H24F2N2O7/c1-3-4-7-32-19-17(21(30)31-2)25(11-16(26)27)10-14(18(19)28)20(29)24-9-12-5-6-13(22)8-15(12)23/h5-6,8,10,16,26-27H,3-4,7,9,11H2,1-2H3,(H,24,29).